The molecule has 30 heteroatoms. The zero-order chi connectivity index (χ0) is 68.4. The Bertz CT molecular complexity index is 2000. The molecule has 1 amide bonds. The summed E-state index contributed by atoms with van der Waals surface area (Å²) in [7, 11) is -11.3. The maximum absolute atomic E-state index is 13.8. The van der Waals surface area contributed by atoms with Gasteiger partial charge in [0.15, 0.2) is 12.4 Å². The van der Waals surface area contributed by atoms with Crippen molar-refractivity contribution in [2.24, 2.45) is 0 Å². The molecular formula is C62H121NO27P2. The lowest BCUT2D eigenvalue weighted by Gasteiger charge is -2.47. The maximum Gasteiger partial charge on any atom is 0.472 e. The topological polar surface area (TPSA) is 483 Å². The molecule has 19 N–H and O–H groups in total. The number of aliphatic hydroxyl groups is 16. The summed E-state index contributed by atoms with van der Waals surface area (Å²) in [6, 6.07) is -1.81. The van der Waals surface area contributed by atoms with Crippen LogP contribution in [0.15, 0.2) is 0 Å². The van der Waals surface area contributed by atoms with Gasteiger partial charge in [-0.15, -0.1) is 0 Å². The number of rotatable bonds is 52. The smallest absolute Gasteiger partial charge is 0.390 e. The molecule has 5 unspecified atom stereocenters. The van der Waals surface area contributed by atoms with E-state index in [1.807, 2.05) is 0 Å². The number of ether oxygens (including phenoxy) is 2. The van der Waals surface area contributed by atoms with Crippen LogP contribution in [-0.4, -0.2) is 245 Å². The quantitative estimate of drug-likeness (QED) is 0.0307. The van der Waals surface area contributed by atoms with Crippen LogP contribution in [0.2, 0.25) is 0 Å². The predicted octanol–water partition coefficient (Wildman–Crippen LogP) is 3.08. The number of carbonyl (C=O) groups excluding carboxylic acids is 1. The van der Waals surface area contributed by atoms with Gasteiger partial charge >= 0.3 is 15.6 Å². The average molecular weight is 1370 g/mol. The molecule has 3 fully saturated rings. The third-order valence-corrected chi connectivity index (χ3v) is 20.1. The molecule has 546 valence electrons. The van der Waals surface area contributed by atoms with Gasteiger partial charge in [0.25, 0.3) is 5.91 Å². The van der Waals surface area contributed by atoms with Gasteiger partial charge in [-0.2, -0.15) is 0 Å². The van der Waals surface area contributed by atoms with Crippen molar-refractivity contribution in [3.05, 3.63) is 0 Å². The van der Waals surface area contributed by atoms with Gasteiger partial charge in [0.1, 0.15) is 104 Å². The number of aliphatic hydroxyl groups excluding tert-OH is 16. The van der Waals surface area contributed by atoms with Crippen LogP contribution in [0.3, 0.4) is 0 Å². The van der Waals surface area contributed by atoms with Crippen molar-refractivity contribution in [3.8, 4) is 0 Å². The summed E-state index contributed by atoms with van der Waals surface area (Å²) >= 11 is 0. The van der Waals surface area contributed by atoms with Gasteiger partial charge < -0.3 is 106 Å². The molecule has 24 atom stereocenters. The Morgan fingerprint density at radius 2 is 0.717 bits per heavy atom. The lowest BCUT2D eigenvalue weighted by Crippen LogP contribution is -2.67. The minimum atomic E-state index is -5.75. The van der Waals surface area contributed by atoms with Gasteiger partial charge in [-0.3, -0.25) is 22.9 Å². The summed E-state index contributed by atoms with van der Waals surface area (Å²) in [6.45, 7) is 1.95. The Balaban J connectivity index is 1.61. The predicted molar refractivity (Wildman–Crippen MR) is 336 cm³/mol. The van der Waals surface area contributed by atoms with Crippen LogP contribution >= 0.6 is 15.6 Å². The highest BCUT2D eigenvalue weighted by Crippen LogP contribution is 2.49. The number of carbonyl (C=O) groups is 1. The van der Waals surface area contributed by atoms with Crippen LogP contribution in [0.4, 0.5) is 0 Å². The molecular weight excluding hydrogens is 1250 g/mol. The van der Waals surface area contributed by atoms with Gasteiger partial charge in [0, 0.05) is 0 Å². The van der Waals surface area contributed by atoms with Crippen molar-refractivity contribution in [2.45, 2.75) is 373 Å². The number of hydrogen-bond acceptors (Lipinski definition) is 25. The largest absolute Gasteiger partial charge is 0.472 e. The summed E-state index contributed by atoms with van der Waals surface area (Å²) in [5, 5.41) is 173. The first-order valence-electron chi connectivity index (χ1n) is 34.5. The summed E-state index contributed by atoms with van der Waals surface area (Å²) in [4.78, 5) is 35.1. The molecule has 0 radical (unpaired) electrons. The lowest BCUT2D eigenvalue weighted by molar-refractivity contribution is -0.337. The molecule has 28 nitrogen and oxygen atoms in total. The molecule has 0 aromatic rings. The van der Waals surface area contributed by atoms with Crippen molar-refractivity contribution >= 4 is 21.6 Å². The van der Waals surface area contributed by atoms with Gasteiger partial charge in [0.05, 0.1) is 31.5 Å². The zero-order valence-electron chi connectivity index (χ0n) is 54.5. The fraction of sp³-hybridized carbons (Fsp3) is 0.984. The standard InChI is InChI=1S/C62H121NO27P2/c1-3-5-7-9-11-13-15-17-18-19-20-21-22-23-24-25-27-29-31-33-35-37-42(65)45(67)61(80)63-40(44(66)41(64)36-34-32-30-28-26-16-14-12-10-8-6-4-2)38-85-91(81,82)90-60-56(78)52(74)51(73)55(77)59(60)88-62-57(79)47(69)46(68)43(87-62)39-86-92(83,84)89-58-53(75)49(71)48(70)50(72)54(58)76/h40-60,62,64-79H,3-39H2,1-2H3,(H,63,80)(H,81,82)(H,83,84)/t40-,41+,42+,43+,44-,45-,46+,47-,48?,49-,50+,51+,52+,53+,54+,55-,56+,57-,58?,59+,60+,62?/m0/s1. The Morgan fingerprint density at radius 1 is 0.402 bits per heavy atom. The summed E-state index contributed by atoms with van der Waals surface area (Å²) in [6.07, 6.45) is -9.03. The minimum Gasteiger partial charge on any atom is -0.390 e. The second-order valence-corrected chi connectivity index (χ2v) is 28.7. The molecule has 92 heavy (non-hydrogen) atoms. The Labute approximate surface area is 544 Å². The first-order valence-corrected chi connectivity index (χ1v) is 37.5. The molecule has 0 aromatic carbocycles. The van der Waals surface area contributed by atoms with Crippen molar-refractivity contribution in [3.63, 3.8) is 0 Å². The Morgan fingerprint density at radius 3 is 1.12 bits per heavy atom. The molecule has 0 spiro atoms. The van der Waals surface area contributed by atoms with Crippen molar-refractivity contribution in [2.75, 3.05) is 13.2 Å². The van der Waals surface area contributed by atoms with E-state index in [1.54, 1.807) is 0 Å². The molecule has 3 aliphatic rings. The highest BCUT2D eigenvalue weighted by Gasteiger charge is 2.56. The lowest BCUT2D eigenvalue weighted by atomic mass is 9.84. The van der Waals surface area contributed by atoms with Crippen LogP contribution in [-0.2, 0) is 41.5 Å². The van der Waals surface area contributed by atoms with Crippen molar-refractivity contribution < 1.29 is 133 Å². The number of nitrogens with one attached hydrogen (secondary N) is 1. The summed E-state index contributed by atoms with van der Waals surface area (Å²) in [5.41, 5.74) is 0. The maximum atomic E-state index is 13.8. The molecule has 2 saturated carbocycles. The summed E-state index contributed by atoms with van der Waals surface area (Å²) < 4.78 is 57.7. The van der Waals surface area contributed by atoms with E-state index in [2.05, 4.69) is 19.2 Å². The Hall–Kier alpha value is -1.03. The number of unbranched alkanes of at least 4 members (excludes halogenated alkanes) is 31. The normalized spacial score (nSPS) is 31.7. The van der Waals surface area contributed by atoms with Crippen molar-refractivity contribution in [1.82, 2.24) is 5.32 Å². The Kier molecular flexibility index (Phi) is 42.9. The molecule has 3 rings (SSSR count). The van der Waals surface area contributed by atoms with E-state index in [9.17, 15) is 105 Å². The van der Waals surface area contributed by atoms with Crippen LogP contribution in [0.5, 0.6) is 0 Å². The second kappa shape index (κ2) is 46.3. The number of amides is 1. The van der Waals surface area contributed by atoms with Crippen LogP contribution < -0.4 is 5.32 Å². The van der Waals surface area contributed by atoms with Crippen LogP contribution in [0, 0.1) is 0 Å². The molecule has 2 aliphatic carbocycles. The van der Waals surface area contributed by atoms with E-state index in [1.165, 1.54) is 128 Å². The second-order valence-electron chi connectivity index (χ2n) is 25.9. The van der Waals surface area contributed by atoms with Gasteiger partial charge in [-0.05, 0) is 12.8 Å². The van der Waals surface area contributed by atoms with E-state index >= 15 is 0 Å². The van der Waals surface area contributed by atoms with E-state index in [4.69, 9.17) is 27.6 Å². The first-order chi connectivity index (χ1) is 43.7. The van der Waals surface area contributed by atoms with Gasteiger partial charge in [0.2, 0.25) is 0 Å². The van der Waals surface area contributed by atoms with E-state index in [0.717, 1.165) is 64.2 Å². The molecule has 0 aromatic heterocycles. The molecule has 1 saturated heterocycles. The number of phosphoric acid groups is 2. The SMILES string of the molecule is CCCCCCCCCCCCCCCCCCCCCCC[C@@H](O)[C@H](O)C(=O)N[C@@H](COP(=O)(O)O[C@@H]1[C@H](O)[C@H](O)[C@@H](O)[C@H](O)[C@H]1OC1O[C@H](COP(=O)(O)OC2[C@H](O)[C@H](O)C(O)[C@H](O)[C@H]2O)[C@@H](O)[C@H](O)[C@@H]1O)[C@H](O)[C@H](O)CCCCCCCCCCCCCC. The van der Waals surface area contributed by atoms with Crippen LogP contribution in [0.25, 0.3) is 0 Å². The van der Waals surface area contributed by atoms with E-state index in [-0.39, 0.29) is 12.8 Å². The van der Waals surface area contributed by atoms with Gasteiger partial charge in [-0.1, -0.05) is 226 Å². The molecule has 0 bridgehead atoms. The highest BCUT2D eigenvalue weighted by atomic mass is 31.2. The van der Waals surface area contributed by atoms with E-state index < -0.39 is 169 Å². The fourth-order valence-electron chi connectivity index (χ4n) is 12.1. The fourth-order valence-corrected chi connectivity index (χ4v) is 14.0. The zero-order valence-corrected chi connectivity index (χ0v) is 56.3. The summed E-state index contributed by atoms with van der Waals surface area (Å²) in [5.74, 6) is -1.24. The van der Waals surface area contributed by atoms with E-state index in [0.29, 0.717) is 19.3 Å². The highest BCUT2D eigenvalue weighted by molar-refractivity contribution is 7.47. The van der Waals surface area contributed by atoms with Gasteiger partial charge in [-0.25, -0.2) is 9.13 Å². The third-order valence-electron chi connectivity index (χ3n) is 18.1. The van der Waals surface area contributed by atoms with Crippen molar-refractivity contribution in [1.29, 1.82) is 0 Å². The third kappa shape index (κ3) is 30.6. The number of hydrogen-bond donors (Lipinski definition) is 19. The number of phosphoric ester groups is 2. The average Bonchev–Trinajstić information content (AvgIpc) is 0.788. The first kappa shape index (κ1) is 85.2. The molecule has 1 aliphatic heterocycles. The monoisotopic (exact) mass is 1370 g/mol. The molecule has 1 heterocycles. The minimum absolute atomic E-state index is 0.00823. The van der Waals surface area contributed by atoms with Crippen LogP contribution in [0.1, 0.15) is 239 Å².